The van der Waals surface area contributed by atoms with Crippen LogP contribution in [0, 0.1) is 17.2 Å². The van der Waals surface area contributed by atoms with Crippen LogP contribution in [-0.2, 0) is 4.79 Å². The lowest BCUT2D eigenvalue weighted by molar-refractivity contribution is -0.123. The molecule has 0 heterocycles. The molecule has 1 fully saturated rings. The first-order chi connectivity index (χ1) is 9.65. The summed E-state index contributed by atoms with van der Waals surface area (Å²) in [5.74, 6) is 0.806. The summed E-state index contributed by atoms with van der Waals surface area (Å²) in [7, 11) is 0. The highest BCUT2D eigenvalue weighted by molar-refractivity contribution is 5.77. The number of amides is 1. The average Bonchev–Trinajstić information content (AvgIpc) is 2.48. The molecule has 0 aromatic carbocycles. The van der Waals surface area contributed by atoms with Crippen LogP contribution >= 0.6 is 0 Å². The first-order valence-corrected chi connectivity index (χ1v) is 8.38. The number of hydrogen-bond donors (Lipinski definition) is 1. The van der Waals surface area contributed by atoms with E-state index in [9.17, 15) is 10.1 Å². The predicted octanol–water partition coefficient (Wildman–Crippen LogP) is 4.33. The van der Waals surface area contributed by atoms with Gasteiger partial charge in [-0.25, -0.2) is 0 Å². The zero-order valence-electron chi connectivity index (χ0n) is 13.2. The molecule has 0 spiro atoms. The van der Waals surface area contributed by atoms with E-state index in [1.165, 1.54) is 25.7 Å². The topological polar surface area (TPSA) is 52.9 Å². The van der Waals surface area contributed by atoms with Crippen molar-refractivity contribution in [1.82, 2.24) is 5.32 Å². The van der Waals surface area contributed by atoms with Crippen LogP contribution in [0.15, 0.2) is 0 Å². The lowest BCUT2D eigenvalue weighted by Gasteiger charge is -2.35. The molecule has 1 aliphatic carbocycles. The molecule has 1 rings (SSSR count). The van der Waals surface area contributed by atoms with Crippen molar-refractivity contribution < 1.29 is 4.79 Å². The Morgan fingerprint density at radius 2 is 1.85 bits per heavy atom. The van der Waals surface area contributed by atoms with Gasteiger partial charge in [0.25, 0.3) is 0 Å². The molecule has 0 atom stereocenters. The van der Waals surface area contributed by atoms with Gasteiger partial charge in [0, 0.05) is 6.42 Å². The molecular weight excluding hydrogens is 248 g/mol. The van der Waals surface area contributed by atoms with Gasteiger partial charge >= 0.3 is 0 Å². The van der Waals surface area contributed by atoms with Crippen molar-refractivity contribution in [3.05, 3.63) is 0 Å². The van der Waals surface area contributed by atoms with E-state index >= 15 is 0 Å². The second kappa shape index (κ2) is 9.00. The van der Waals surface area contributed by atoms with E-state index in [4.69, 9.17) is 0 Å². The predicted molar refractivity (Wildman–Crippen MR) is 82.1 cm³/mol. The van der Waals surface area contributed by atoms with Gasteiger partial charge in [-0.15, -0.1) is 0 Å². The molecular formula is C17H30N2O. The third kappa shape index (κ3) is 5.53. The molecule has 0 aliphatic heterocycles. The summed E-state index contributed by atoms with van der Waals surface area (Å²) in [5, 5.41) is 12.4. The number of rotatable bonds is 8. The molecule has 1 N–H and O–H groups in total. The maximum absolute atomic E-state index is 12.0. The fourth-order valence-corrected chi connectivity index (χ4v) is 3.06. The molecule has 3 heteroatoms. The zero-order valence-corrected chi connectivity index (χ0v) is 13.2. The SMILES string of the molecule is CCCCCCCC(=O)NC1(C#N)CCC(CC)CC1. The number of nitriles is 1. The van der Waals surface area contributed by atoms with Gasteiger partial charge in [-0.05, 0) is 38.0 Å². The van der Waals surface area contributed by atoms with Gasteiger partial charge in [-0.1, -0.05) is 46.0 Å². The number of carbonyl (C=O) groups is 1. The number of unbranched alkanes of at least 4 members (excludes halogenated alkanes) is 4. The van der Waals surface area contributed by atoms with E-state index in [0.717, 1.165) is 44.4 Å². The molecule has 0 bridgehead atoms. The maximum atomic E-state index is 12.0. The van der Waals surface area contributed by atoms with Crippen molar-refractivity contribution in [3.8, 4) is 6.07 Å². The van der Waals surface area contributed by atoms with Gasteiger partial charge in [0.1, 0.15) is 5.54 Å². The van der Waals surface area contributed by atoms with Crippen LogP contribution in [-0.4, -0.2) is 11.4 Å². The normalized spacial score (nSPS) is 25.9. The molecule has 1 amide bonds. The summed E-state index contributed by atoms with van der Waals surface area (Å²) in [6.45, 7) is 4.40. The van der Waals surface area contributed by atoms with Gasteiger partial charge in [0.15, 0.2) is 0 Å². The van der Waals surface area contributed by atoms with E-state index in [1.54, 1.807) is 0 Å². The van der Waals surface area contributed by atoms with Crippen LogP contribution in [0.25, 0.3) is 0 Å². The van der Waals surface area contributed by atoms with Gasteiger partial charge in [0.2, 0.25) is 5.91 Å². The minimum Gasteiger partial charge on any atom is -0.338 e. The van der Waals surface area contributed by atoms with Gasteiger partial charge < -0.3 is 5.32 Å². The number of nitrogens with one attached hydrogen (secondary N) is 1. The molecule has 0 radical (unpaired) electrons. The minimum atomic E-state index is -0.577. The summed E-state index contributed by atoms with van der Waals surface area (Å²) in [4.78, 5) is 12.0. The molecule has 114 valence electrons. The summed E-state index contributed by atoms with van der Waals surface area (Å²) in [5.41, 5.74) is -0.577. The van der Waals surface area contributed by atoms with Crippen LogP contribution < -0.4 is 5.32 Å². The first-order valence-electron chi connectivity index (χ1n) is 8.38. The van der Waals surface area contributed by atoms with Crippen LogP contribution in [0.5, 0.6) is 0 Å². The standard InChI is InChI=1S/C17H30N2O/c1-3-5-6-7-8-9-16(20)19-17(14-18)12-10-15(4-2)11-13-17/h15H,3-13H2,1-2H3,(H,19,20). The fourth-order valence-electron chi connectivity index (χ4n) is 3.06. The smallest absolute Gasteiger partial charge is 0.221 e. The van der Waals surface area contributed by atoms with Crippen molar-refractivity contribution >= 4 is 5.91 Å². The van der Waals surface area contributed by atoms with Gasteiger partial charge in [-0.2, -0.15) is 5.26 Å². The van der Waals surface area contributed by atoms with Gasteiger partial charge in [0.05, 0.1) is 6.07 Å². The Morgan fingerprint density at radius 1 is 1.20 bits per heavy atom. The molecule has 1 aliphatic rings. The molecule has 0 unspecified atom stereocenters. The van der Waals surface area contributed by atoms with Crippen LogP contribution in [0.3, 0.4) is 0 Å². The van der Waals surface area contributed by atoms with Crippen LogP contribution in [0.1, 0.15) is 84.5 Å². The Bertz CT molecular complexity index is 324. The number of nitrogens with zero attached hydrogens (tertiary/aromatic N) is 1. The largest absolute Gasteiger partial charge is 0.338 e. The Kier molecular flexibility index (Phi) is 7.65. The fraction of sp³-hybridized carbons (Fsp3) is 0.882. The monoisotopic (exact) mass is 278 g/mol. The maximum Gasteiger partial charge on any atom is 0.221 e. The first kappa shape index (κ1) is 17.0. The van der Waals surface area contributed by atoms with Crippen LogP contribution in [0.2, 0.25) is 0 Å². The van der Waals surface area contributed by atoms with Gasteiger partial charge in [-0.3, -0.25) is 4.79 Å². The molecule has 0 aromatic rings. The van der Waals surface area contributed by atoms with Crippen molar-refractivity contribution in [1.29, 1.82) is 5.26 Å². The van der Waals surface area contributed by atoms with E-state index in [0.29, 0.717) is 6.42 Å². The molecule has 3 nitrogen and oxygen atoms in total. The molecule has 20 heavy (non-hydrogen) atoms. The summed E-state index contributed by atoms with van der Waals surface area (Å²) in [6.07, 6.45) is 11.3. The lowest BCUT2D eigenvalue weighted by Crippen LogP contribution is -2.49. The van der Waals surface area contributed by atoms with Crippen molar-refractivity contribution in [2.24, 2.45) is 5.92 Å². The quantitative estimate of drug-likeness (QED) is 0.672. The molecule has 0 saturated heterocycles. The third-order valence-corrected chi connectivity index (χ3v) is 4.64. The van der Waals surface area contributed by atoms with Crippen molar-refractivity contribution in [2.75, 3.05) is 0 Å². The van der Waals surface area contributed by atoms with Crippen molar-refractivity contribution in [3.63, 3.8) is 0 Å². The van der Waals surface area contributed by atoms with E-state index < -0.39 is 5.54 Å². The zero-order chi connectivity index (χ0) is 14.8. The average molecular weight is 278 g/mol. The molecule has 1 saturated carbocycles. The van der Waals surface area contributed by atoms with E-state index in [2.05, 4.69) is 25.2 Å². The Balaban J connectivity index is 2.30. The third-order valence-electron chi connectivity index (χ3n) is 4.64. The lowest BCUT2D eigenvalue weighted by atomic mass is 9.76. The molecule has 0 aromatic heterocycles. The highest BCUT2D eigenvalue weighted by Crippen LogP contribution is 2.33. The van der Waals surface area contributed by atoms with E-state index in [-0.39, 0.29) is 5.91 Å². The van der Waals surface area contributed by atoms with Crippen LogP contribution in [0.4, 0.5) is 0 Å². The highest BCUT2D eigenvalue weighted by atomic mass is 16.1. The van der Waals surface area contributed by atoms with Crippen molar-refractivity contribution in [2.45, 2.75) is 90.0 Å². The Labute approximate surface area is 124 Å². The summed E-state index contributed by atoms with van der Waals surface area (Å²) >= 11 is 0. The number of hydrogen-bond acceptors (Lipinski definition) is 2. The van der Waals surface area contributed by atoms with E-state index in [1.807, 2.05) is 0 Å². The second-order valence-corrected chi connectivity index (χ2v) is 6.26. The highest BCUT2D eigenvalue weighted by Gasteiger charge is 2.36. The minimum absolute atomic E-state index is 0.0676. The Hall–Kier alpha value is -1.04. The summed E-state index contributed by atoms with van der Waals surface area (Å²) in [6, 6.07) is 2.37. The summed E-state index contributed by atoms with van der Waals surface area (Å²) < 4.78 is 0. The second-order valence-electron chi connectivity index (χ2n) is 6.26. The Morgan fingerprint density at radius 3 is 2.40 bits per heavy atom. The number of carbonyl (C=O) groups excluding carboxylic acids is 1.